The van der Waals surface area contributed by atoms with E-state index in [2.05, 4.69) is 44.9 Å². The van der Waals surface area contributed by atoms with Gasteiger partial charge >= 0.3 is 0 Å². The molecule has 2 aliphatic heterocycles. The van der Waals surface area contributed by atoms with E-state index in [0.29, 0.717) is 18.2 Å². The van der Waals surface area contributed by atoms with Crippen molar-refractivity contribution in [2.45, 2.75) is 26.8 Å². The Labute approximate surface area is 160 Å². The predicted molar refractivity (Wildman–Crippen MR) is 106 cm³/mol. The van der Waals surface area contributed by atoms with Crippen LogP contribution in [0.1, 0.15) is 34.2 Å². The molecule has 2 aliphatic rings. The Morgan fingerprint density at radius 2 is 1.78 bits per heavy atom. The van der Waals surface area contributed by atoms with Gasteiger partial charge in [-0.2, -0.15) is 0 Å². The third-order valence-electron chi connectivity index (χ3n) is 5.58. The van der Waals surface area contributed by atoms with Crippen LogP contribution in [0.4, 0.5) is 5.95 Å². The summed E-state index contributed by atoms with van der Waals surface area (Å²) in [5, 5.41) is 0. The van der Waals surface area contributed by atoms with Crippen LogP contribution in [0.3, 0.4) is 0 Å². The minimum atomic E-state index is 0.00319. The monoisotopic (exact) mass is 365 g/mol. The van der Waals surface area contributed by atoms with Crippen molar-refractivity contribution in [3.8, 4) is 0 Å². The van der Waals surface area contributed by atoms with E-state index in [0.717, 1.165) is 51.4 Å². The lowest BCUT2D eigenvalue weighted by Crippen LogP contribution is -2.47. The van der Waals surface area contributed by atoms with Crippen LogP contribution in [0.25, 0.3) is 0 Å². The lowest BCUT2D eigenvalue weighted by atomic mass is 10.00. The lowest BCUT2D eigenvalue weighted by Gasteiger charge is -2.34. The number of carbonyl (C=O) groups is 1. The van der Waals surface area contributed by atoms with Crippen molar-refractivity contribution in [2.24, 2.45) is 0 Å². The molecule has 1 aromatic heterocycles. The molecule has 0 bridgehead atoms. The first-order valence-electron chi connectivity index (χ1n) is 9.83. The third-order valence-corrected chi connectivity index (χ3v) is 5.58. The number of aromatic nitrogens is 2. The number of anilines is 1. The highest BCUT2D eigenvalue weighted by atomic mass is 16.2. The van der Waals surface area contributed by atoms with Crippen molar-refractivity contribution in [2.75, 3.05) is 44.2 Å². The van der Waals surface area contributed by atoms with Gasteiger partial charge in [-0.15, -0.1) is 0 Å². The van der Waals surface area contributed by atoms with E-state index in [-0.39, 0.29) is 5.91 Å². The molecule has 3 heterocycles. The molecule has 2 aromatic rings. The zero-order chi connectivity index (χ0) is 18.8. The van der Waals surface area contributed by atoms with Gasteiger partial charge in [-0.05, 0) is 37.1 Å². The molecule has 0 atom stereocenters. The normalized spacial score (nSPS) is 17.7. The molecule has 142 valence electrons. The number of aryl methyl sites for hydroxylation is 1. The summed E-state index contributed by atoms with van der Waals surface area (Å²) >= 11 is 0. The van der Waals surface area contributed by atoms with Crippen molar-refractivity contribution in [1.29, 1.82) is 0 Å². The average Bonchev–Trinajstić information content (AvgIpc) is 2.72. The maximum absolute atomic E-state index is 13.1. The minimum absolute atomic E-state index is 0.00319. The number of hydrogen-bond donors (Lipinski definition) is 0. The number of carbonyl (C=O) groups excluding carboxylic acids is 1. The molecule has 0 saturated carbocycles. The first kappa shape index (κ1) is 17.9. The number of benzene rings is 1. The van der Waals surface area contributed by atoms with Crippen molar-refractivity contribution < 1.29 is 4.79 Å². The van der Waals surface area contributed by atoms with Gasteiger partial charge in [0.2, 0.25) is 5.95 Å². The molecule has 1 amide bonds. The van der Waals surface area contributed by atoms with Crippen LogP contribution in [-0.2, 0) is 13.0 Å². The van der Waals surface area contributed by atoms with E-state index in [1.807, 2.05) is 24.0 Å². The van der Waals surface area contributed by atoms with Crippen molar-refractivity contribution in [1.82, 2.24) is 19.8 Å². The van der Waals surface area contributed by atoms with Gasteiger partial charge in [0.05, 0.1) is 0 Å². The Morgan fingerprint density at radius 3 is 2.52 bits per heavy atom. The van der Waals surface area contributed by atoms with E-state index in [9.17, 15) is 4.79 Å². The zero-order valence-corrected chi connectivity index (χ0v) is 16.2. The number of amides is 1. The maximum atomic E-state index is 13.1. The number of rotatable bonds is 3. The molecular formula is C21H27N5O. The molecule has 0 N–H and O–H groups in total. The minimum Gasteiger partial charge on any atom is -0.338 e. The smallest absolute Gasteiger partial charge is 0.272 e. The van der Waals surface area contributed by atoms with Gasteiger partial charge in [0, 0.05) is 45.0 Å². The van der Waals surface area contributed by atoms with Gasteiger partial charge in [-0.25, -0.2) is 9.97 Å². The quantitative estimate of drug-likeness (QED) is 0.834. The Morgan fingerprint density at radius 1 is 1.04 bits per heavy atom. The second-order valence-corrected chi connectivity index (χ2v) is 7.36. The van der Waals surface area contributed by atoms with Crippen LogP contribution in [0.15, 0.2) is 30.3 Å². The summed E-state index contributed by atoms with van der Waals surface area (Å²) in [5.74, 6) is 0.690. The summed E-state index contributed by atoms with van der Waals surface area (Å²) in [5.41, 5.74) is 3.93. The summed E-state index contributed by atoms with van der Waals surface area (Å²) in [6.07, 6.45) is 0.901. The van der Waals surface area contributed by atoms with Gasteiger partial charge in [0.15, 0.2) is 0 Å². The standard InChI is InChI=1S/C21H27N5O/c1-3-24-10-12-25(13-11-24)21-22-16(2)14-19(23-21)20(27)26-9-8-17-6-4-5-7-18(17)15-26/h4-7,14H,3,8-13,15H2,1-2H3. The predicted octanol–water partition coefficient (Wildman–Crippen LogP) is 2.13. The summed E-state index contributed by atoms with van der Waals surface area (Å²) in [6, 6.07) is 10.2. The second-order valence-electron chi connectivity index (χ2n) is 7.36. The lowest BCUT2D eigenvalue weighted by molar-refractivity contribution is 0.0728. The first-order chi connectivity index (χ1) is 13.1. The highest BCUT2D eigenvalue weighted by Crippen LogP contribution is 2.21. The maximum Gasteiger partial charge on any atom is 0.272 e. The van der Waals surface area contributed by atoms with Gasteiger partial charge < -0.3 is 14.7 Å². The fourth-order valence-corrected chi connectivity index (χ4v) is 3.90. The Kier molecular flexibility index (Phi) is 5.07. The number of likely N-dealkylation sites (N-methyl/N-ethyl adjacent to an activating group) is 1. The van der Waals surface area contributed by atoms with Crippen LogP contribution in [-0.4, -0.2) is 64.9 Å². The van der Waals surface area contributed by atoms with Crippen LogP contribution in [0.2, 0.25) is 0 Å². The van der Waals surface area contributed by atoms with E-state index in [1.165, 1.54) is 11.1 Å². The number of nitrogens with zero attached hydrogens (tertiary/aromatic N) is 5. The van der Waals surface area contributed by atoms with Crippen molar-refractivity contribution in [3.63, 3.8) is 0 Å². The average molecular weight is 365 g/mol. The fraction of sp³-hybridized carbons (Fsp3) is 0.476. The molecular weight excluding hydrogens is 338 g/mol. The Bertz CT molecular complexity index is 829. The Balaban J connectivity index is 1.52. The van der Waals surface area contributed by atoms with Gasteiger partial charge in [0.1, 0.15) is 5.69 Å². The molecule has 27 heavy (non-hydrogen) atoms. The molecule has 0 radical (unpaired) electrons. The van der Waals surface area contributed by atoms with E-state index >= 15 is 0 Å². The van der Waals surface area contributed by atoms with Gasteiger partial charge in [-0.3, -0.25) is 4.79 Å². The van der Waals surface area contributed by atoms with E-state index in [4.69, 9.17) is 0 Å². The number of fused-ring (bicyclic) bond motifs is 1. The number of hydrogen-bond acceptors (Lipinski definition) is 5. The summed E-state index contributed by atoms with van der Waals surface area (Å²) in [4.78, 5) is 28.9. The molecule has 0 spiro atoms. The van der Waals surface area contributed by atoms with Crippen LogP contribution in [0.5, 0.6) is 0 Å². The molecule has 6 heteroatoms. The third kappa shape index (κ3) is 3.81. The first-order valence-corrected chi connectivity index (χ1v) is 9.83. The number of piperazine rings is 1. The van der Waals surface area contributed by atoms with Crippen molar-refractivity contribution in [3.05, 3.63) is 52.8 Å². The molecule has 6 nitrogen and oxygen atoms in total. The van der Waals surface area contributed by atoms with Crippen LogP contribution < -0.4 is 4.90 Å². The molecule has 0 aliphatic carbocycles. The Hall–Kier alpha value is -2.47. The van der Waals surface area contributed by atoms with Crippen LogP contribution >= 0.6 is 0 Å². The highest BCUT2D eigenvalue weighted by Gasteiger charge is 2.25. The van der Waals surface area contributed by atoms with E-state index in [1.54, 1.807) is 0 Å². The SMILES string of the molecule is CCN1CCN(c2nc(C)cc(C(=O)N3CCc4ccccc4C3)n2)CC1. The molecule has 1 aromatic carbocycles. The van der Waals surface area contributed by atoms with E-state index < -0.39 is 0 Å². The fourth-order valence-electron chi connectivity index (χ4n) is 3.90. The molecule has 1 fully saturated rings. The van der Waals surface area contributed by atoms with Crippen molar-refractivity contribution >= 4 is 11.9 Å². The molecule has 0 unspecified atom stereocenters. The summed E-state index contributed by atoms with van der Waals surface area (Å²) < 4.78 is 0. The van der Waals surface area contributed by atoms with Crippen LogP contribution in [0, 0.1) is 6.92 Å². The largest absolute Gasteiger partial charge is 0.338 e. The van der Waals surface area contributed by atoms with Gasteiger partial charge in [0.25, 0.3) is 5.91 Å². The molecule has 4 rings (SSSR count). The topological polar surface area (TPSA) is 52.6 Å². The second kappa shape index (κ2) is 7.64. The highest BCUT2D eigenvalue weighted by molar-refractivity contribution is 5.92. The molecule has 1 saturated heterocycles. The zero-order valence-electron chi connectivity index (χ0n) is 16.2. The summed E-state index contributed by atoms with van der Waals surface area (Å²) in [6.45, 7) is 10.4. The van der Waals surface area contributed by atoms with Gasteiger partial charge in [-0.1, -0.05) is 31.2 Å². The summed E-state index contributed by atoms with van der Waals surface area (Å²) in [7, 11) is 0.